The van der Waals surface area contributed by atoms with Gasteiger partial charge in [-0.05, 0) is 18.3 Å². The Morgan fingerprint density at radius 2 is 1.84 bits per heavy atom. The van der Waals surface area contributed by atoms with Crippen LogP contribution >= 0.6 is 0 Å². The predicted molar refractivity (Wildman–Crippen MR) is 84.2 cm³/mol. The third-order valence-electron chi connectivity index (χ3n) is 7.03. The Morgan fingerprint density at radius 1 is 1.16 bits per heavy atom. The summed E-state index contributed by atoms with van der Waals surface area (Å²) in [5.41, 5.74) is -0.441. The van der Waals surface area contributed by atoms with Crippen molar-refractivity contribution in [2.24, 2.45) is 16.7 Å². The Hall–Kier alpha value is -0.770. The second kappa shape index (κ2) is 6.44. The molecule has 1 heterocycles. The van der Waals surface area contributed by atoms with Crippen LogP contribution in [0.3, 0.4) is 0 Å². The van der Waals surface area contributed by atoms with Crippen molar-refractivity contribution in [3.63, 3.8) is 0 Å². The van der Waals surface area contributed by atoms with Gasteiger partial charge in [-0.3, -0.25) is 4.79 Å². The molecule has 8 heteroatoms. The molecule has 1 saturated heterocycles. The van der Waals surface area contributed by atoms with Crippen LogP contribution in [0.1, 0.15) is 33.6 Å². The molecule has 4 N–H and O–H groups in total. The van der Waals surface area contributed by atoms with Gasteiger partial charge in [0.15, 0.2) is 6.29 Å². The van der Waals surface area contributed by atoms with Crippen molar-refractivity contribution < 1.29 is 39.4 Å². The number of hydrogen-bond acceptors (Lipinski definition) is 8. The van der Waals surface area contributed by atoms with Crippen LogP contribution in [0.25, 0.3) is 0 Å². The van der Waals surface area contributed by atoms with Gasteiger partial charge >= 0.3 is 0 Å². The molecule has 0 aromatic carbocycles. The van der Waals surface area contributed by atoms with Gasteiger partial charge in [0.25, 0.3) is 6.47 Å². The van der Waals surface area contributed by atoms with E-state index in [9.17, 15) is 25.2 Å². The van der Waals surface area contributed by atoms with E-state index in [1.54, 1.807) is 0 Å². The Morgan fingerprint density at radius 3 is 2.36 bits per heavy atom. The lowest BCUT2D eigenvalue weighted by atomic mass is 9.70. The first-order valence-corrected chi connectivity index (χ1v) is 8.72. The summed E-state index contributed by atoms with van der Waals surface area (Å²) in [5, 5.41) is 39.3. The minimum Gasteiger partial charge on any atom is -0.464 e. The lowest BCUT2D eigenvalue weighted by molar-refractivity contribution is -0.320. The van der Waals surface area contributed by atoms with Gasteiger partial charge in [-0.2, -0.15) is 0 Å². The number of aliphatic hydroxyl groups is 4. The zero-order valence-electron chi connectivity index (χ0n) is 14.7. The van der Waals surface area contributed by atoms with Crippen molar-refractivity contribution in [3.05, 3.63) is 0 Å². The van der Waals surface area contributed by atoms with E-state index in [1.807, 2.05) is 0 Å². The van der Waals surface area contributed by atoms with E-state index in [0.717, 1.165) is 0 Å². The maximum Gasteiger partial charge on any atom is 0.293 e. The molecule has 144 valence electrons. The zero-order chi connectivity index (χ0) is 18.6. The second-order valence-electron chi connectivity index (χ2n) is 8.28. The van der Waals surface area contributed by atoms with E-state index in [4.69, 9.17) is 14.2 Å². The van der Waals surface area contributed by atoms with E-state index in [-0.39, 0.29) is 29.0 Å². The number of fused-ring (bicyclic) bond motifs is 2. The number of carbonyl (C=O) groups is 1. The first-order valence-electron chi connectivity index (χ1n) is 8.72. The monoisotopic (exact) mass is 360 g/mol. The van der Waals surface area contributed by atoms with E-state index < -0.39 is 37.3 Å². The molecule has 0 radical (unpaired) electrons. The van der Waals surface area contributed by atoms with Gasteiger partial charge in [0.2, 0.25) is 0 Å². The van der Waals surface area contributed by atoms with Crippen molar-refractivity contribution in [1.29, 1.82) is 0 Å². The van der Waals surface area contributed by atoms with Gasteiger partial charge < -0.3 is 34.6 Å². The number of rotatable bonds is 5. The maximum atomic E-state index is 10.7. The molecule has 0 spiro atoms. The summed E-state index contributed by atoms with van der Waals surface area (Å²) in [6.45, 7) is 6.29. The SMILES string of the molecule is CC1(C)C2C[C@H](O[C@@H]3O[C@H](CO)[C@@H](O)[C@H](O)[C@H]3O)[C@@]1(C)C[C@H]2OC=O. The molecule has 0 amide bonds. The average molecular weight is 360 g/mol. The Kier molecular flexibility index (Phi) is 4.89. The fourth-order valence-corrected chi connectivity index (χ4v) is 4.96. The van der Waals surface area contributed by atoms with Crippen LogP contribution in [0.5, 0.6) is 0 Å². The topological polar surface area (TPSA) is 126 Å². The van der Waals surface area contributed by atoms with Gasteiger partial charge in [0.1, 0.15) is 30.5 Å². The van der Waals surface area contributed by atoms with E-state index in [1.165, 1.54) is 0 Å². The molecule has 3 rings (SSSR count). The fraction of sp³-hybridized carbons (Fsp3) is 0.941. The van der Waals surface area contributed by atoms with Crippen molar-refractivity contribution in [1.82, 2.24) is 0 Å². The lowest BCUT2D eigenvalue weighted by Gasteiger charge is -2.44. The number of aliphatic hydroxyl groups excluding tert-OH is 4. The summed E-state index contributed by atoms with van der Waals surface area (Å²) in [6, 6.07) is 0. The minimum atomic E-state index is -1.46. The van der Waals surface area contributed by atoms with E-state index >= 15 is 0 Å². The molecular weight excluding hydrogens is 332 g/mol. The van der Waals surface area contributed by atoms with Crippen LogP contribution in [0.2, 0.25) is 0 Å². The molecule has 1 aliphatic heterocycles. The van der Waals surface area contributed by atoms with Crippen molar-refractivity contribution in [2.75, 3.05) is 6.61 Å². The maximum absolute atomic E-state index is 10.7. The van der Waals surface area contributed by atoms with E-state index in [0.29, 0.717) is 19.3 Å². The Balaban J connectivity index is 1.75. The largest absolute Gasteiger partial charge is 0.464 e. The molecule has 8 nitrogen and oxygen atoms in total. The molecule has 0 aromatic heterocycles. The quantitative estimate of drug-likeness (QED) is 0.468. The van der Waals surface area contributed by atoms with Crippen LogP contribution in [0.4, 0.5) is 0 Å². The van der Waals surface area contributed by atoms with Gasteiger partial charge in [-0.1, -0.05) is 20.8 Å². The number of hydrogen-bond donors (Lipinski definition) is 4. The highest BCUT2D eigenvalue weighted by molar-refractivity contribution is 5.38. The first kappa shape index (κ1) is 19.0. The number of ether oxygens (including phenoxy) is 3. The van der Waals surface area contributed by atoms with Gasteiger partial charge in [-0.15, -0.1) is 0 Å². The molecule has 1 unspecified atom stereocenters. The van der Waals surface area contributed by atoms with Gasteiger partial charge in [0, 0.05) is 11.3 Å². The molecule has 25 heavy (non-hydrogen) atoms. The summed E-state index contributed by atoms with van der Waals surface area (Å²) >= 11 is 0. The van der Waals surface area contributed by atoms with Crippen LogP contribution in [-0.4, -0.2) is 76.4 Å². The standard InChI is InChI=1S/C17H28O8/c1-16(2)8-4-11(17(16,3)5-9(8)23-7-19)25-15-14(22)13(21)12(20)10(6-18)24-15/h7-15,18,20-22H,4-6H2,1-3H3/t8?,9-,10-,11+,12-,13+,14-,15+,17-/m1/s1. The normalized spacial score (nSPS) is 51.5. The smallest absolute Gasteiger partial charge is 0.293 e. The fourth-order valence-electron chi connectivity index (χ4n) is 4.96. The molecule has 0 aromatic rings. The van der Waals surface area contributed by atoms with Crippen molar-refractivity contribution >= 4 is 6.47 Å². The highest BCUT2D eigenvalue weighted by Crippen LogP contribution is 2.67. The van der Waals surface area contributed by atoms with Gasteiger partial charge in [-0.25, -0.2) is 0 Å². The minimum absolute atomic E-state index is 0.123. The molecule has 2 aliphatic carbocycles. The van der Waals surface area contributed by atoms with E-state index in [2.05, 4.69) is 20.8 Å². The second-order valence-corrected chi connectivity index (χ2v) is 8.28. The summed E-state index contributed by atoms with van der Waals surface area (Å²) in [5.74, 6) is 0.123. The van der Waals surface area contributed by atoms with Crippen LogP contribution in [-0.2, 0) is 19.0 Å². The van der Waals surface area contributed by atoms with Crippen LogP contribution < -0.4 is 0 Å². The summed E-state index contributed by atoms with van der Waals surface area (Å²) in [6.07, 6.45) is -5.55. The van der Waals surface area contributed by atoms with Crippen molar-refractivity contribution in [3.8, 4) is 0 Å². The highest BCUT2D eigenvalue weighted by Gasteiger charge is 2.67. The summed E-state index contributed by atoms with van der Waals surface area (Å²) in [4.78, 5) is 10.7. The molecule has 3 aliphatic rings. The third kappa shape index (κ3) is 2.70. The highest BCUT2D eigenvalue weighted by atomic mass is 16.7. The zero-order valence-corrected chi connectivity index (χ0v) is 14.7. The predicted octanol–water partition coefficient (Wildman–Crippen LogP) is -0.831. The average Bonchev–Trinajstić information content (AvgIpc) is 2.86. The van der Waals surface area contributed by atoms with Crippen LogP contribution in [0.15, 0.2) is 0 Å². The summed E-state index contributed by atoms with van der Waals surface area (Å²) < 4.78 is 16.7. The third-order valence-corrected chi connectivity index (χ3v) is 7.03. The molecular formula is C17H28O8. The molecule has 3 fully saturated rings. The first-order chi connectivity index (χ1) is 11.7. The van der Waals surface area contributed by atoms with Crippen molar-refractivity contribution in [2.45, 2.75) is 76.5 Å². The molecule has 9 atom stereocenters. The Labute approximate surface area is 146 Å². The molecule has 2 saturated carbocycles. The summed E-state index contributed by atoms with van der Waals surface area (Å²) in [7, 11) is 0. The van der Waals surface area contributed by atoms with Crippen LogP contribution in [0, 0.1) is 16.7 Å². The Bertz CT molecular complexity index is 509. The van der Waals surface area contributed by atoms with Gasteiger partial charge in [0.05, 0.1) is 12.7 Å². The molecule has 2 bridgehead atoms. The number of carbonyl (C=O) groups excluding carboxylic acids is 1. The lowest BCUT2D eigenvalue weighted by Crippen LogP contribution is -2.60.